The van der Waals surface area contributed by atoms with Crippen LogP contribution < -0.4 is 0 Å². The van der Waals surface area contributed by atoms with Crippen molar-refractivity contribution < 1.29 is 30.0 Å². The molecule has 3 nitrogen and oxygen atoms in total. The van der Waals surface area contributed by atoms with E-state index in [2.05, 4.69) is 62.4 Å². The fourth-order valence-electron chi connectivity index (χ4n) is 7.38. The summed E-state index contributed by atoms with van der Waals surface area (Å²) in [6.45, 7) is 7.11. The van der Waals surface area contributed by atoms with E-state index in [0.717, 1.165) is 46.4 Å². The molecule has 0 saturated heterocycles. The number of aliphatic hydroxyl groups excluding tert-OH is 1. The quantitative estimate of drug-likeness (QED) is 0.177. The van der Waals surface area contributed by atoms with Crippen molar-refractivity contribution in [2.75, 3.05) is 0 Å². The fourth-order valence-corrected chi connectivity index (χ4v) is 7.38. The summed E-state index contributed by atoms with van der Waals surface area (Å²) in [5.74, 6) is 4.57. The Morgan fingerprint density at radius 2 is 1.64 bits per heavy atom. The van der Waals surface area contributed by atoms with E-state index in [1.807, 2.05) is 0 Å². The van der Waals surface area contributed by atoms with Crippen LogP contribution in [0.25, 0.3) is 22.2 Å². The SMILES string of the molecule is CC(=O)/C=C(/C)O.Cc1[c-]c(-c2ccc3c(C4C5CC6CC(C5)CC4C6)cccc3n2)cc(C)c1.[Ir]. The number of carbonyl (C=O) groups is 1. The normalized spacial score (nSPS) is 26.2. The van der Waals surface area contributed by atoms with Crippen molar-refractivity contribution in [2.45, 2.75) is 65.7 Å². The Morgan fingerprint density at radius 3 is 2.19 bits per heavy atom. The monoisotopic (exact) mass is 659 g/mol. The molecule has 3 aromatic rings. The zero-order chi connectivity index (χ0) is 24.7. The van der Waals surface area contributed by atoms with Gasteiger partial charge in [-0.3, -0.25) is 9.78 Å². The Kier molecular flexibility index (Phi) is 8.17. The molecule has 0 aliphatic heterocycles. The van der Waals surface area contributed by atoms with Gasteiger partial charge in [-0.05, 0) is 92.9 Å². The van der Waals surface area contributed by atoms with E-state index in [-0.39, 0.29) is 31.6 Å². The number of benzene rings is 2. The molecule has 4 saturated carbocycles. The summed E-state index contributed by atoms with van der Waals surface area (Å²) in [4.78, 5) is 15.1. The van der Waals surface area contributed by atoms with Crippen LogP contribution in [0.15, 0.2) is 54.3 Å². The van der Waals surface area contributed by atoms with E-state index < -0.39 is 0 Å². The van der Waals surface area contributed by atoms with Crippen molar-refractivity contribution in [1.29, 1.82) is 0 Å². The van der Waals surface area contributed by atoms with Crippen molar-refractivity contribution in [3.05, 3.63) is 77.1 Å². The Hall–Kier alpha value is -2.29. The molecular weight excluding hydrogens is 623 g/mol. The number of fused-ring (bicyclic) bond motifs is 1. The fraction of sp³-hybridized carbons (Fsp3) is 0.438. The van der Waals surface area contributed by atoms with Crippen LogP contribution in [0.5, 0.6) is 0 Å². The van der Waals surface area contributed by atoms with Crippen molar-refractivity contribution in [2.24, 2.45) is 23.7 Å². The van der Waals surface area contributed by atoms with Crippen molar-refractivity contribution in [3.8, 4) is 11.3 Å². The maximum atomic E-state index is 10.0. The predicted molar refractivity (Wildman–Crippen MR) is 142 cm³/mol. The van der Waals surface area contributed by atoms with E-state index in [4.69, 9.17) is 10.1 Å². The summed E-state index contributed by atoms with van der Waals surface area (Å²) < 4.78 is 0. The molecule has 4 fully saturated rings. The van der Waals surface area contributed by atoms with Crippen molar-refractivity contribution in [1.82, 2.24) is 4.98 Å². The van der Waals surface area contributed by atoms with Crippen LogP contribution >= 0.6 is 0 Å². The number of hydrogen-bond donors (Lipinski definition) is 1. The number of pyridine rings is 1. The van der Waals surface area contributed by atoms with E-state index >= 15 is 0 Å². The summed E-state index contributed by atoms with van der Waals surface area (Å²) in [5.41, 5.74) is 7.34. The molecular formula is C32H36IrNO2-. The van der Waals surface area contributed by atoms with Crippen LogP contribution in [-0.2, 0) is 24.9 Å². The molecule has 191 valence electrons. The van der Waals surface area contributed by atoms with Crippen LogP contribution in [0.3, 0.4) is 0 Å². The van der Waals surface area contributed by atoms with Crippen LogP contribution in [0.2, 0.25) is 0 Å². The van der Waals surface area contributed by atoms with Gasteiger partial charge in [-0.2, -0.15) is 0 Å². The van der Waals surface area contributed by atoms with Gasteiger partial charge in [0.25, 0.3) is 0 Å². The maximum Gasteiger partial charge on any atom is 0.155 e. The standard InChI is InChI=1S/C27H28N.C5H8O2.Ir/c1-16-8-17(2)10-20(9-16)25-7-6-23-24(4-3-5-26(23)28-25)27-21-12-18-11-19(14-21)15-22(27)13-18;1-4(6)3-5(2)7;/h3-9,18-19,21-22,27H,11-15H2,1-2H3;3,6H,1-2H3;/q-1;;/b;4-3-;. The second kappa shape index (κ2) is 11.0. The predicted octanol–water partition coefficient (Wildman–Crippen LogP) is 7.89. The van der Waals surface area contributed by atoms with Gasteiger partial charge in [-0.25, -0.2) is 0 Å². The average Bonchev–Trinajstić information content (AvgIpc) is 2.77. The van der Waals surface area contributed by atoms with Gasteiger partial charge >= 0.3 is 0 Å². The third-order valence-electron chi connectivity index (χ3n) is 8.19. The molecule has 0 spiro atoms. The van der Waals surface area contributed by atoms with Crippen molar-refractivity contribution in [3.63, 3.8) is 0 Å². The van der Waals surface area contributed by atoms with E-state index in [0.29, 0.717) is 0 Å². The van der Waals surface area contributed by atoms with Gasteiger partial charge in [0.1, 0.15) is 0 Å². The van der Waals surface area contributed by atoms with Crippen molar-refractivity contribution >= 4 is 16.7 Å². The van der Waals surface area contributed by atoms with Gasteiger partial charge in [-0.1, -0.05) is 38.1 Å². The maximum absolute atomic E-state index is 10.0. The van der Waals surface area contributed by atoms with Gasteiger partial charge in [-0.15, -0.1) is 34.9 Å². The second-order valence-electron chi connectivity index (χ2n) is 11.2. The molecule has 0 unspecified atom stereocenters. The van der Waals surface area contributed by atoms with E-state index in [1.54, 1.807) is 5.56 Å². The first-order valence-corrected chi connectivity index (χ1v) is 13.0. The summed E-state index contributed by atoms with van der Waals surface area (Å²) >= 11 is 0. The first-order chi connectivity index (χ1) is 16.8. The number of aryl methyl sites for hydroxylation is 2. The third-order valence-corrected chi connectivity index (χ3v) is 8.19. The largest absolute Gasteiger partial charge is 0.512 e. The first kappa shape index (κ1) is 26.8. The number of aromatic nitrogens is 1. The molecule has 1 N–H and O–H groups in total. The summed E-state index contributed by atoms with van der Waals surface area (Å²) in [6.07, 6.45) is 8.56. The van der Waals surface area contributed by atoms with Crippen LogP contribution in [0, 0.1) is 43.6 Å². The molecule has 36 heavy (non-hydrogen) atoms. The van der Waals surface area contributed by atoms with Crippen LogP contribution in [0.1, 0.15) is 68.6 Å². The molecule has 0 amide bonds. The molecule has 1 aromatic heterocycles. The van der Waals surface area contributed by atoms with Crippen LogP contribution in [-0.4, -0.2) is 15.9 Å². The van der Waals surface area contributed by atoms with Gasteiger partial charge in [0, 0.05) is 31.6 Å². The molecule has 0 atom stereocenters. The minimum Gasteiger partial charge on any atom is -0.512 e. The van der Waals surface area contributed by atoms with Gasteiger partial charge < -0.3 is 5.11 Å². The minimum atomic E-state index is -0.125. The minimum absolute atomic E-state index is 0. The number of nitrogens with zero attached hydrogens (tertiary/aromatic N) is 1. The zero-order valence-electron chi connectivity index (χ0n) is 21.7. The Morgan fingerprint density at radius 1 is 0.972 bits per heavy atom. The van der Waals surface area contributed by atoms with Gasteiger partial charge in [0.05, 0.1) is 11.3 Å². The topological polar surface area (TPSA) is 50.2 Å². The second-order valence-corrected chi connectivity index (χ2v) is 11.2. The summed E-state index contributed by atoms with van der Waals surface area (Å²) in [6, 6.07) is 19.2. The molecule has 4 bridgehead atoms. The van der Waals surface area contributed by atoms with Gasteiger partial charge in [0.15, 0.2) is 5.78 Å². The van der Waals surface area contributed by atoms with Crippen LogP contribution in [0.4, 0.5) is 0 Å². The number of carbonyl (C=O) groups excluding carboxylic acids is 1. The Bertz CT molecular complexity index is 1240. The summed E-state index contributed by atoms with van der Waals surface area (Å²) in [7, 11) is 0. The van der Waals surface area contributed by atoms with E-state index in [1.165, 1.54) is 68.5 Å². The van der Waals surface area contributed by atoms with E-state index in [9.17, 15) is 4.79 Å². The number of aliphatic hydroxyl groups is 1. The molecule has 2 aromatic carbocycles. The smallest absolute Gasteiger partial charge is 0.155 e. The molecule has 4 aliphatic carbocycles. The Balaban J connectivity index is 0.000000338. The third kappa shape index (κ3) is 5.66. The molecule has 7 rings (SSSR count). The molecule has 1 heterocycles. The molecule has 4 heteroatoms. The Labute approximate surface area is 228 Å². The molecule has 1 radical (unpaired) electrons. The molecule has 4 aliphatic rings. The summed E-state index contributed by atoms with van der Waals surface area (Å²) in [5, 5.41) is 9.75. The number of ketones is 1. The average molecular weight is 659 g/mol. The number of allylic oxidation sites excluding steroid dienone is 2. The number of rotatable bonds is 3. The zero-order valence-corrected chi connectivity index (χ0v) is 24.1. The van der Waals surface area contributed by atoms with Gasteiger partial charge in [0.2, 0.25) is 0 Å². The first-order valence-electron chi connectivity index (χ1n) is 13.0. The number of hydrogen-bond acceptors (Lipinski definition) is 3.